The molecule has 5 nitrogen and oxygen atoms in total. The molecule has 0 amide bonds. The first-order chi connectivity index (χ1) is 17.8. The number of benzene rings is 3. The van der Waals surface area contributed by atoms with Crippen molar-refractivity contribution in [3.05, 3.63) is 83.2 Å². The van der Waals surface area contributed by atoms with Crippen molar-refractivity contribution in [2.45, 2.75) is 32.4 Å². The van der Waals surface area contributed by atoms with Crippen LogP contribution >= 0.6 is 0 Å². The fourth-order valence-electron chi connectivity index (χ4n) is 5.18. The van der Waals surface area contributed by atoms with E-state index in [4.69, 9.17) is 9.47 Å². The second kappa shape index (κ2) is 10.4. The SMILES string of the molecule is CC1=C(c2ccc(F)c(O)c2)C(c2ccc(OCC(C)N3CCC(CF)C3)cc2)Oc2cc(O)ccc21. The Kier molecular flexibility index (Phi) is 7.07. The molecule has 3 unspecified atom stereocenters. The maximum Gasteiger partial charge on any atom is 0.164 e. The molecule has 0 bridgehead atoms. The predicted octanol–water partition coefficient (Wildman–Crippen LogP) is 6.36. The van der Waals surface area contributed by atoms with Crippen LogP contribution in [0.15, 0.2) is 60.7 Å². The monoisotopic (exact) mass is 507 g/mol. The summed E-state index contributed by atoms with van der Waals surface area (Å²) in [5, 5.41) is 20.1. The Labute approximate surface area is 215 Å². The normalized spacial score (nSPS) is 20.4. The number of ether oxygens (including phenoxy) is 2. The number of nitrogens with zero attached hydrogens (tertiary/aromatic N) is 1. The van der Waals surface area contributed by atoms with Gasteiger partial charge >= 0.3 is 0 Å². The van der Waals surface area contributed by atoms with Crippen LogP contribution in [-0.4, -0.2) is 47.5 Å². The molecule has 0 saturated carbocycles. The maximum absolute atomic E-state index is 13.8. The number of phenols is 2. The fourth-order valence-corrected chi connectivity index (χ4v) is 5.18. The van der Waals surface area contributed by atoms with E-state index in [9.17, 15) is 19.0 Å². The third-order valence-corrected chi connectivity index (χ3v) is 7.37. The molecule has 7 heteroatoms. The number of alkyl halides is 1. The first-order valence-corrected chi connectivity index (χ1v) is 12.6. The van der Waals surface area contributed by atoms with Gasteiger partial charge in [-0.15, -0.1) is 0 Å². The first kappa shape index (κ1) is 25.1. The van der Waals surface area contributed by atoms with Gasteiger partial charge in [0.1, 0.15) is 30.0 Å². The van der Waals surface area contributed by atoms with Crippen LogP contribution in [0.5, 0.6) is 23.0 Å². The minimum absolute atomic E-state index is 0.0990. The smallest absolute Gasteiger partial charge is 0.164 e. The minimum atomic E-state index is -0.689. The summed E-state index contributed by atoms with van der Waals surface area (Å²) in [5.41, 5.74) is 4.01. The van der Waals surface area contributed by atoms with Crippen LogP contribution in [0.1, 0.15) is 43.1 Å². The fraction of sp³-hybridized carbons (Fsp3) is 0.333. The standard InChI is InChI=1S/C30H31F2NO4/c1-18(33-12-11-20(15-31)16-33)17-36-24-7-3-21(4-8-24)30-29(22-5-10-26(32)27(35)13-22)19(2)25-9-6-23(34)14-28(25)37-30/h3-10,13-14,18,20,30,34-35H,11-12,15-17H2,1-2H3. The van der Waals surface area contributed by atoms with Crippen molar-refractivity contribution in [2.75, 3.05) is 26.4 Å². The molecular weight excluding hydrogens is 476 g/mol. The van der Waals surface area contributed by atoms with Crippen molar-refractivity contribution < 1.29 is 28.5 Å². The van der Waals surface area contributed by atoms with E-state index < -0.39 is 17.7 Å². The van der Waals surface area contributed by atoms with E-state index in [1.54, 1.807) is 24.3 Å². The second-order valence-electron chi connectivity index (χ2n) is 9.92. The number of rotatable bonds is 7. The molecule has 2 N–H and O–H groups in total. The third kappa shape index (κ3) is 5.14. The van der Waals surface area contributed by atoms with Crippen molar-refractivity contribution in [3.8, 4) is 23.0 Å². The summed E-state index contributed by atoms with van der Waals surface area (Å²) in [5.74, 6) is 0.364. The van der Waals surface area contributed by atoms with Crippen LogP contribution in [0.3, 0.4) is 0 Å². The zero-order valence-corrected chi connectivity index (χ0v) is 21.0. The van der Waals surface area contributed by atoms with Crippen molar-refractivity contribution >= 4 is 11.1 Å². The van der Waals surface area contributed by atoms with E-state index in [1.807, 2.05) is 31.2 Å². The van der Waals surface area contributed by atoms with Crippen LogP contribution in [0, 0.1) is 11.7 Å². The molecule has 3 aromatic carbocycles. The van der Waals surface area contributed by atoms with Crippen LogP contribution in [0.25, 0.3) is 11.1 Å². The van der Waals surface area contributed by atoms with E-state index in [-0.39, 0.29) is 24.4 Å². The summed E-state index contributed by atoms with van der Waals surface area (Å²) in [7, 11) is 0. The molecular formula is C30H31F2NO4. The average molecular weight is 508 g/mol. The zero-order chi connectivity index (χ0) is 26.1. The predicted molar refractivity (Wildman–Crippen MR) is 139 cm³/mol. The first-order valence-electron chi connectivity index (χ1n) is 12.6. The van der Waals surface area contributed by atoms with Gasteiger partial charge in [0, 0.05) is 35.7 Å². The van der Waals surface area contributed by atoms with Gasteiger partial charge in [0.25, 0.3) is 0 Å². The number of halogens is 2. The molecule has 2 aliphatic heterocycles. The Morgan fingerprint density at radius 1 is 1.08 bits per heavy atom. The summed E-state index contributed by atoms with van der Waals surface area (Å²) in [6.45, 7) is 5.93. The number of fused-ring (bicyclic) bond motifs is 1. The third-order valence-electron chi connectivity index (χ3n) is 7.37. The lowest BCUT2D eigenvalue weighted by Crippen LogP contribution is -2.35. The second-order valence-corrected chi connectivity index (χ2v) is 9.92. The average Bonchev–Trinajstić information content (AvgIpc) is 3.39. The van der Waals surface area contributed by atoms with Gasteiger partial charge in [-0.05, 0) is 79.9 Å². The Hall–Kier alpha value is -3.58. The van der Waals surface area contributed by atoms with E-state index in [1.165, 1.54) is 12.1 Å². The molecule has 0 aromatic heterocycles. The number of aromatic hydroxyl groups is 2. The van der Waals surface area contributed by atoms with Crippen molar-refractivity contribution in [2.24, 2.45) is 5.92 Å². The van der Waals surface area contributed by atoms with Gasteiger partial charge in [0.15, 0.2) is 11.6 Å². The molecule has 2 heterocycles. The summed E-state index contributed by atoms with van der Waals surface area (Å²) in [4.78, 5) is 2.26. The van der Waals surface area contributed by atoms with Gasteiger partial charge in [-0.25, -0.2) is 4.39 Å². The van der Waals surface area contributed by atoms with Gasteiger partial charge in [0.2, 0.25) is 0 Å². The molecule has 1 fully saturated rings. The van der Waals surface area contributed by atoms with Gasteiger partial charge in [-0.3, -0.25) is 9.29 Å². The summed E-state index contributed by atoms with van der Waals surface area (Å²) >= 11 is 0. The molecule has 194 valence electrons. The van der Waals surface area contributed by atoms with Gasteiger partial charge < -0.3 is 19.7 Å². The van der Waals surface area contributed by atoms with E-state index >= 15 is 0 Å². The number of allylic oxidation sites excluding steroid dienone is 1. The lowest BCUT2D eigenvalue weighted by atomic mass is 9.86. The number of likely N-dealkylation sites (tertiary alicyclic amines) is 1. The number of phenolic OH excluding ortho intramolecular Hbond substituents is 2. The minimum Gasteiger partial charge on any atom is -0.508 e. The summed E-state index contributed by atoms with van der Waals surface area (Å²) < 4.78 is 39.2. The highest BCUT2D eigenvalue weighted by Gasteiger charge is 2.30. The quantitative estimate of drug-likeness (QED) is 0.390. The Morgan fingerprint density at radius 3 is 2.57 bits per heavy atom. The maximum atomic E-state index is 13.8. The molecule has 1 saturated heterocycles. The highest BCUT2D eigenvalue weighted by atomic mass is 19.1. The van der Waals surface area contributed by atoms with Crippen molar-refractivity contribution in [1.82, 2.24) is 4.90 Å². The van der Waals surface area contributed by atoms with E-state index in [2.05, 4.69) is 11.8 Å². The lowest BCUT2D eigenvalue weighted by Gasteiger charge is -2.31. The van der Waals surface area contributed by atoms with Crippen LogP contribution in [0.2, 0.25) is 0 Å². The molecule has 3 aromatic rings. The van der Waals surface area contributed by atoms with Crippen molar-refractivity contribution in [3.63, 3.8) is 0 Å². The van der Waals surface area contributed by atoms with Gasteiger partial charge in [0.05, 0.1) is 6.67 Å². The van der Waals surface area contributed by atoms with Gasteiger partial charge in [-0.2, -0.15) is 0 Å². The lowest BCUT2D eigenvalue weighted by molar-refractivity contribution is 0.165. The highest BCUT2D eigenvalue weighted by Crippen LogP contribution is 2.48. The largest absolute Gasteiger partial charge is 0.508 e. The number of hydrogen-bond donors (Lipinski definition) is 2. The molecule has 5 rings (SSSR count). The summed E-state index contributed by atoms with van der Waals surface area (Å²) in [6, 6.07) is 17.0. The molecule has 3 atom stereocenters. The molecule has 37 heavy (non-hydrogen) atoms. The zero-order valence-electron chi connectivity index (χ0n) is 21.0. The van der Waals surface area contributed by atoms with Gasteiger partial charge in [-0.1, -0.05) is 18.2 Å². The van der Waals surface area contributed by atoms with Crippen molar-refractivity contribution in [1.29, 1.82) is 0 Å². The molecule has 2 aliphatic rings. The Morgan fingerprint density at radius 2 is 1.86 bits per heavy atom. The molecule has 0 aliphatic carbocycles. The van der Waals surface area contributed by atoms with E-state index in [0.29, 0.717) is 23.7 Å². The van der Waals surface area contributed by atoms with E-state index in [0.717, 1.165) is 41.8 Å². The molecule has 0 radical (unpaired) electrons. The molecule has 0 spiro atoms. The highest BCUT2D eigenvalue weighted by molar-refractivity contribution is 5.95. The number of hydrogen-bond acceptors (Lipinski definition) is 5. The Bertz CT molecular complexity index is 1310. The Balaban J connectivity index is 1.39. The topological polar surface area (TPSA) is 62.2 Å². The summed E-state index contributed by atoms with van der Waals surface area (Å²) in [6.07, 6.45) is 0.341. The van der Waals surface area contributed by atoms with Crippen LogP contribution in [0.4, 0.5) is 8.78 Å². The van der Waals surface area contributed by atoms with Crippen LogP contribution in [-0.2, 0) is 0 Å². The van der Waals surface area contributed by atoms with Crippen LogP contribution < -0.4 is 9.47 Å².